The molecule has 176 valence electrons. The van der Waals surface area contributed by atoms with Gasteiger partial charge in [-0.1, -0.05) is 59.9 Å². The van der Waals surface area contributed by atoms with Gasteiger partial charge in [0, 0.05) is 26.2 Å². The third-order valence-corrected chi connectivity index (χ3v) is 7.75. The Hall–Kier alpha value is -2.80. The topological polar surface area (TPSA) is 45.7 Å². The number of aryl methyl sites for hydroxylation is 2. The zero-order valence-corrected chi connectivity index (χ0v) is 20.7. The maximum absolute atomic E-state index is 13.7. The van der Waals surface area contributed by atoms with Gasteiger partial charge in [-0.2, -0.15) is 0 Å². The Kier molecular flexibility index (Phi) is 6.90. The van der Waals surface area contributed by atoms with E-state index in [4.69, 9.17) is 9.72 Å². The summed E-state index contributed by atoms with van der Waals surface area (Å²) < 4.78 is 6.64. The number of hydrogen-bond donors (Lipinski definition) is 0. The molecule has 0 saturated carbocycles. The molecule has 4 aromatic rings. The Labute approximate surface area is 205 Å². The van der Waals surface area contributed by atoms with Crippen LogP contribution in [0.25, 0.3) is 21.0 Å². The summed E-state index contributed by atoms with van der Waals surface area (Å²) in [5, 5.41) is 3.11. The van der Waals surface area contributed by atoms with Crippen molar-refractivity contribution in [1.29, 1.82) is 0 Å². The number of nitrogens with zero attached hydrogens (tertiary/aromatic N) is 3. The van der Waals surface area contributed by atoms with Gasteiger partial charge in [0.25, 0.3) is 0 Å². The van der Waals surface area contributed by atoms with Crippen molar-refractivity contribution in [3.05, 3.63) is 71.3 Å². The predicted molar refractivity (Wildman–Crippen MR) is 141 cm³/mol. The summed E-state index contributed by atoms with van der Waals surface area (Å²) in [7, 11) is 0. The number of aromatic nitrogens is 1. The zero-order valence-electron chi connectivity index (χ0n) is 19.9. The Bertz CT molecular complexity index is 1300. The van der Waals surface area contributed by atoms with Crippen LogP contribution in [0.5, 0.6) is 0 Å². The third-order valence-electron chi connectivity index (χ3n) is 6.52. The molecule has 0 radical (unpaired) electrons. The monoisotopic (exact) mass is 473 g/mol. The van der Waals surface area contributed by atoms with E-state index in [1.54, 1.807) is 11.3 Å². The van der Waals surface area contributed by atoms with Gasteiger partial charge in [-0.15, -0.1) is 0 Å². The number of carbonyl (C=O) groups is 1. The van der Waals surface area contributed by atoms with Crippen molar-refractivity contribution < 1.29 is 9.53 Å². The number of carbonyl (C=O) groups excluding carboxylic acids is 1. The summed E-state index contributed by atoms with van der Waals surface area (Å²) in [6.07, 6.45) is 1.28. The Morgan fingerprint density at radius 1 is 1.09 bits per heavy atom. The minimum absolute atomic E-state index is 0.103. The molecule has 1 aromatic heterocycles. The van der Waals surface area contributed by atoms with Gasteiger partial charge < -0.3 is 4.74 Å². The van der Waals surface area contributed by atoms with Crippen molar-refractivity contribution in [2.45, 2.75) is 26.7 Å². The largest absolute Gasteiger partial charge is 0.379 e. The predicted octanol–water partition coefficient (Wildman–Crippen LogP) is 5.36. The fourth-order valence-corrected chi connectivity index (χ4v) is 5.85. The van der Waals surface area contributed by atoms with E-state index in [1.165, 1.54) is 11.1 Å². The second-order valence-corrected chi connectivity index (χ2v) is 10.1. The molecule has 0 N–H and O–H groups in total. The maximum atomic E-state index is 13.7. The maximum Gasteiger partial charge on any atom is 0.233 e. The van der Waals surface area contributed by atoms with Gasteiger partial charge in [-0.25, -0.2) is 4.98 Å². The van der Waals surface area contributed by atoms with Crippen LogP contribution >= 0.6 is 11.3 Å². The van der Waals surface area contributed by atoms with E-state index in [0.717, 1.165) is 71.0 Å². The number of fused-ring (bicyclic) bond motifs is 2. The van der Waals surface area contributed by atoms with E-state index in [1.807, 2.05) is 23.1 Å². The molecule has 5 rings (SSSR count). The van der Waals surface area contributed by atoms with Gasteiger partial charge in [0.05, 0.1) is 29.9 Å². The number of thiazole rings is 1. The highest BCUT2D eigenvalue weighted by atomic mass is 32.1. The number of hydrogen-bond acceptors (Lipinski definition) is 5. The minimum Gasteiger partial charge on any atom is -0.379 e. The molecule has 0 spiro atoms. The third kappa shape index (κ3) is 4.99. The number of amides is 1. The lowest BCUT2D eigenvalue weighted by atomic mass is 10.0. The fourth-order valence-electron chi connectivity index (χ4n) is 4.79. The van der Waals surface area contributed by atoms with Crippen LogP contribution in [0, 0.1) is 13.8 Å². The van der Waals surface area contributed by atoms with Crippen molar-refractivity contribution >= 4 is 43.4 Å². The normalized spacial score (nSPS) is 14.6. The minimum atomic E-state index is 0.103. The van der Waals surface area contributed by atoms with Gasteiger partial charge in [0.15, 0.2) is 5.13 Å². The smallest absolute Gasteiger partial charge is 0.233 e. The van der Waals surface area contributed by atoms with Crippen LogP contribution in [0.4, 0.5) is 5.13 Å². The summed E-state index contributed by atoms with van der Waals surface area (Å²) in [5.74, 6) is 0.103. The van der Waals surface area contributed by atoms with Gasteiger partial charge in [0.1, 0.15) is 0 Å². The van der Waals surface area contributed by atoms with Crippen LogP contribution in [0.15, 0.2) is 54.6 Å². The van der Waals surface area contributed by atoms with E-state index in [-0.39, 0.29) is 5.91 Å². The average Bonchev–Trinajstić information content (AvgIpc) is 3.26. The van der Waals surface area contributed by atoms with Crippen LogP contribution < -0.4 is 4.90 Å². The van der Waals surface area contributed by atoms with E-state index >= 15 is 0 Å². The Balaban J connectivity index is 1.42. The fraction of sp³-hybridized carbons (Fsp3) is 0.357. The first-order chi connectivity index (χ1) is 16.6. The summed E-state index contributed by atoms with van der Waals surface area (Å²) in [6.45, 7) is 9.35. The molecule has 1 saturated heterocycles. The lowest BCUT2D eigenvalue weighted by Gasteiger charge is -2.27. The standard InChI is InChI=1S/C28H31N3O2S/c1-20-17-21(2)27-25(18-20)29-28(34-27)31(12-6-11-30-13-15-33-16-14-30)26(32)19-23-9-5-8-22-7-3-4-10-24(22)23/h3-5,7-10,17-18H,6,11-16,19H2,1-2H3. The molecule has 1 aliphatic heterocycles. The first-order valence-corrected chi connectivity index (χ1v) is 12.8. The van der Waals surface area contributed by atoms with Crippen molar-refractivity contribution in [3.8, 4) is 0 Å². The van der Waals surface area contributed by atoms with Gasteiger partial charge in [-0.3, -0.25) is 14.6 Å². The second kappa shape index (κ2) is 10.2. The van der Waals surface area contributed by atoms with Gasteiger partial charge >= 0.3 is 0 Å². The van der Waals surface area contributed by atoms with Gasteiger partial charge in [-0.05, 0) is 53.8 Å². The average molecular weight is 474 g/mol. The molecule has 3 aromatic carbocycles. The van der Waals surface area contributed by atoms with Crippen LogP contribution in [-0.4, -0.2) is 55.2 Å². The number of benzene rings is 3. The summed E-state index contributed by atoms with van der Waals surface area (Å²) in [4.78, 5) is 23.0. The van der Waals surface area contributed by atoms with Crippen LogP contribution in [0.1, 0.15) is 23.1 Å². The highest BCUT2D eigenvalue weighted by Gasteiger charge is 2.22. The van der Waals surface area contributed by atoms with Crippen LogP contribution in [-0.2, 0) is 16.0 Å². The molecular formula is C28H31N3O2S. The summed E-state index contributed by atoms with van der Waals surface area (Å²) in [5.41, 5.74) is 4.46. The lowest BCUT2D eigenvalue weighted by Crippen LogP contribution is -2.39. The van der Waals surface area contributed by atoms with Crippen molar-refractivity contribution in [3.63, 3.8) is 0 Å². The number of morpholine rings is 1. The zero-order chi connectivity index (χ0) is 23.5. The van der Waals surface area contributed by atoms with Gasteiger partial charge in [0.2, 0.25) is 5.91 Å². The van der Waals surface area contributed by atoms with Crippen molar-refractivity contribution in [2.75, 3.05) is 44.3 Å². The number of anilines is 1. The Morgan fingerprint density at radius 3 is 2.74 bits per heavy atom. The molecule has 2 heterocycles. The molecule has 1 amide bonds. The van der Waals surface area contributed by atoms with Crippen molar-refractivity contribution in [1.82, 2.24) is 9.88 Å². The molecule has 6 heteroatoms. The molecule has 5 nitrogen and oxygen atoms in total. The number of rotatable bonds is 7. The highest BCUT2D eigenvalue weighted by Crippen LogP contribution is 2.33. The molecular weight excluding hydrogens is 442 g/mol. The lowest BCUT2D eigenvalue weighted by molar-refractivity contribution is -0.118. The Morgan fingerprint density at radius 2 is 1.88 bits per heavy atom. The quantitative estimate of drug-likeness (QED) is 0.362. The first-order valence-electron chi connectivity index (χ1n) is 12.0. The van der Waals surface area contributed by atoms with E-state index in [2.05, 4.69) is 55.1 Å². The second-order valence-electron chi connectivity index (χ2n) is 9.09. The summed E-state index contributed by atoms with van der Waals surface area (Å²) >= 11 is 1.63. The molecule has 0 atom stereocenters. The summed E-state index contributed by atoms with van der Waals surface area (Å²) in [6, 6.07) is 18.8. The van der Waals surface area contributed by atoms with Crippen LogP contribution in [0.2, 0.25) is 0 Å². The number of ether oxygens (including phenoxy) is 1. The van der Waals surface area contributed by atoms with E-state index in [0.29, 0.717) is 13.0 Å². The van der Waals surface area contributed by atoms with Crippen molar-refractivity contribution in [2.24, 2.45) is 0 Å². The van der Waals surface area contributed by atoms with Crippen LogP contribution in [0.3, 0.4) is 0 Å². The SMILES string of the molecule is Cc1cc(C)c2sc(N(CCCN3CCOCC3)C(=O)Cc3cccc4ccccc34)nc2c1. The van der Waals surface area contributed by atoms with E-state index in [9.17, 15) is 4.79 Å². The first kappa shape index (κ1) is 23.0. The molecule has 34 heavy (non-hydrogen) atoms. The molecule has 0 aliphatic carbocycles. The molecule has 0 bridgehead atoms. The molecule has 0 unspecified atom stereocenters. The molecule has 1 fully saturated rings. The van der Waals surface area contributed by atoms with E-state index < -0.39 is 0 Å². The molecule has 1 aliphatic rings. The highest BCUT2D eigenvalue weighted by molar-refractivity contribution is 7.22.